The molecule has 3 rings (SSSR count). The van der Waals surface area contributed by atoms with Crippen LogP contribution in [0.25, 0.3) is 4.96 Å². The highest BCUT2D eigenvalue weighted by Crippen LogP contribution is 2.49. The first kappa shape index (κ1) is 13.9. The average Bonchev–Trinajstić information content (AvgIpc) is 2.75. The number of carbonyl (C=O) groups is 1. The lowest BCUT2D eigenvalue weighted by atomic mass is 9.67. The van der Waals surface area contributed by atoms with Crippen LogP contribution in [0.4, 0.5) is 0 Å². The maximum Gasteiger partial charge on any atom is 0.357 e. The lowest BCUT2D eigenvalue weighted by Gasteiger charge is -2.40. The van der Waals surface area contributed by atoms with Crippen LogP contribution in [-0.4, -0.2) is 20.5 Å². The fourth-order valence-electron chi connectivity index (χ4n) is 3.55. The summed E-state index contributed by atoms with van der Waals surface area (Å²) >= 11 is 7.81. The van der Waals surface area contributed by atoms with Crippen molar-refractivity contribution in [1.82, 2.24) is 9.38 Å². The molecule has 0 spiro atoms. The molecule has 0 bridgehead atoms. The fraction of sp³-hybridized carbons (Fsp3) is 0.571. The minimum absolute atomic E-state index is 0.0538. The van der Waals surface area contributed by atoms with E-state index in [0.717, 1.165) is 18.5 Å². The number of hydrogen-bond acceptors (Lipinski definition) is 3. The smallest absolute Gasteiger partial charge is 0.357 e. The lowest BCUT2D eigenvalue weighted by Crippen LogP contribution is -2.34. The molecule has 0 aromatic carbocycles. The molecular weight excluding hydrogens is 296 g/mol. The highest BCUT2D eigenvalue weighted by Gasteiger charge is 2.41. The van der Waals surface area contributed by atoms with Gasteiger partial charge in [-0.15, -0.1) is 11.3 Å². The van der Waals surface area contributed by atoms with E-state index in [1.807, 2.05) is 4.40 Å². The number of nitrogens with zero attached hydrogens (tertiary/aromatic N) is 2. The van der Waals surface area contributed by atoms with E-state index in [0.29, 0.717) is 4.96 Å². The highest BCUT2D eigenvalue weighted by atomic mass is 35.5. The Morgan fingerprint density at radius 2 is 2.05 bits per heavy atom. The van der Waals surface area contributed by atoms with Gasteiger partial charge in [-0.05, 0) is 18.3 Å². The van der Waals surface area contributed by atoms with Crippen LogP contribution in [0.2, 0.25) is 5.15 Å². The Kier molecular flexibility index (Phi) is 2.77. The number of aromatic nitrogens is 2. The van der Waals surface area contributed by atoms with Gasteiger partial charge in [-0.1, -0.05) is 39.3 Å². The molecule has 6 heteroatoms. The molecule has 1 aliphatic carbocycles. The van der Waals surface area contributed by atoms with Crippen LogP contribution in [0.15, 0.2) is 0 Å². The number of hydrogen-bond donors (Lipinski definition) is 1. The molecule has 0 saturated heterocycles. The Labute approximate surface area is 126 Å². The predicted octanol–water partition coefficient (Wildman–Crippen LogP) is 4.00. The summed E-state index contributed by atoms with van der Waals surface area (Å²) in [5, 5.41) is 9.36. The number of carboxylic acid groups (broad SMARTS) is 1. The largest absolute Gasteiger partial charge is 0.476 e. The lowest BCUT2D eigenvalue weighted by molar-refractivity contribution is 0.0691. The summed E-state index contributed by atoms with van der Waals surface area (Å²) in [4.78, 5) is 17.3. The first-order valence-corrected chi connectivity index (χ1v) is 7.75. The summed E-state index contributed by atoms with van der Waals surface area (Å²) in [7, 11) is 0. The van der Waals surface area contributed by atoms with E-state index in [2.05, 4.69) is 32.7 Å². The van der Waals surface area contributed by atoms with Crippen LogP contribution in [0.3, 0.4) is 0 Å². The van der Waals surface area contributed by atoms with Gasteiger partial charge >= 0.3 is 5.97 Å². The molecule has 2 aromatic rings. The van der Waals surface area contributed by atoms with E-state index in [-0.39, 0.29) is 21.7 Å². The van der Waals surface area contributed by atoms with Gasteiger partial charge in [0.2, 0.25) is 0 Å². The van der Waals surface area contributed by atoms with E-state index in [4.69, 9.17) is 16.7 Å². The molecule has 2 aromatic heterocycles. The second-order valence-electron chi connectivity index (χ2n) is 6.95. The van der Waals surface area contributed by atoms with E-state index in [1.54, 1.807) is 11.3 Å². The number of halogens is 1. The molecule has 108 valence electrons. The third kappa shape index (κ3) is 1.87. The maximum absolute atomic E-state index is 11.2. The SMILES string of the molecule is CC1(C)Cc2c(sc3nc(C(=O)O)c(Cl)n23)C(C)(C)C1. The second kappa shape index (κ2) is 3.98. The van der Waals surface area contributed by atoms with Gasteiger partial charge in [0.1, 0.15) is 5.15 Å². The van der Waals surface area contributed by atoms with Gasteiger partial charge in [-0.3, -0.25) is 4.40 Å². The maximum atomic E-state index is 11.2. The average molecular weight is 313 g/mol. The zero-order valence-electron chi connectivity index (χ0n) is 12.0. The van der Waals surface area contributed by atoms with Gasteiger partial charge in [-0.25, -0.2) is 9.78 Å². The van der Waals surface area contributed by atoms with Crippen LogP contribution < -0.4 is 0 Å². The first-order valence-electron chi connectivity index (χ1n) is 6.56. The summed E-state index contributed by atoms with van der Waals surface area (Å²) < 4.78 is 1.83. The number of fused-ring (bicyclic) bond motifs is 3. The quantitative estimate of drug-likeness (QED) is 0.866. The molecule has 1 aliphatic rings. The standard InChI is InChI=1S/C14H17ClN2O2S/c1-13(2)5-7-9(14(3,4)6-13)20-12-16-8(11(18)19)10(15)17(7)12/h5-6H2,1-4H3,(H,18,19). The van der Waals surface area contributed by atoms with Gasteiger partial charge in [0.25, 0.3) is 0 Å². The highest BCUT2D eigenvalue weighted by molar-refractivity contribution is 7.17. The van der Waals surface area contributed by atoms with E-state index >= 15 is 0 Å². The third-order valence-corrected chi connectivity index (χ3v) is 5.70. The van der Waals surface area contributed by atoms with Crippen molar-refractivity contribution in [1.29, 1.82) is 0 Å². The zero-order chi connectivity index (χ0) is 14.9. The van der Waals surface area contributed by atoms with Crippen LogP contribution in [0.1, 0.15) is 55.2 Å². The number of rotatable bonds is 1. The topological polar surface area (TPSA) is 54.6 Å². The van der Waals surface area contributed by atoms with Crippen LogP contribution in [-0.2, 0) is 11.8 Å². The Hall–Kier alpha value is -1.07. The van der Waals surface area contributed by atoms with Gasteiger partial charge in [-0.2, -0.15) is 0 Å². The minimum Gasteiger partial charge on any atom is -0.476 e. The molecule has 0 aliphatic heterocycles. The number of aromatic carboxylic acids is 1. The van der Waals surface area contributed by atoms with E-state index in [9.17, 15) is 4.79 Å². The Morgan fingerprint density at radius 1 is 1.40 bits per heavy atom. The van der Waals surface area contributed by atoms with E-state index < -0.39 is 5.97 Å². The van der Waals surface area contributed by atoms with Crippen LogP contribution in [0, 0.1) is 5.41 Å². The van der Waals surface area contributed by atoms with Gasteiger partial charge in [0, 0.05) is 16.0 Å². The van der Waals surface area contributed by atoms with Gasteiger partial charge in [0.05, 0.1) is 0 Å². The van der Waals surface area contributed by atoms with Crippen molar-refractivity contribution >= 4 is 33.9 Å². The fourth-order valence-corrected chi connectivity index (χ4v) is 5.15. The number of thiazole rings is 1. The summed E-state index contributed by atoms with van der Waals surface area (Å²) in [5.74, 6) is -1.08. The van der Waals surface area contributed by atoms with Gasteiger partial charge in [0.15, 0.2) is 10.7 Å². The third-order valence-electron chi connectivity index (χ3n) is 3.90. The normalized spacial score (nSPS) is 20.1. The molecule has 1 N–H and O–H groups in total. The van der Waals surface area contributed by atoms with Crippen molar-refractivity contribution in [2.45, 2.75) is 46.0 Å². The number of imidazole rings is 1. The van der Waals surface area contributed by atoms with Crippen LogP contribution >= 0.6 is 22.9 Å². The molecule has 0 radical (unpaired) electrons. The van der Waals surface area contributed by atoms with Crippen molar-refractivity contribution in [2.75, 3.05) is 0 Å². The summed E-state index contributed by atoms with van der Waals surface area (Å²) in [6.45, 7) is 8.94. The van der Waals surface area contributed by atoms with Crippen molar-refractivity contribution in [2.24, 2.45) is 5.41 Å². The van der Waals surface area contributed by atoms with Crippen molar-refractivity contribution in [3.05, 3.63) is 21.4 Å². The number of carboxylic acids is 1. The molecule has 0 fully saturated rings. The Balaban J connectivity index is 2.31. The molecule has 0 unspecified atom stereocenters. The minimum atomic E-state index is -1.08. The monoisotopic (exact) mass is 312 g/mol. The predicted molar refractivity (Wildman–Crippen MR) is 80.2 cm³/mol. The summed E-state index contributed by atoms with van der Waals surface area (Å²) in [6.07, 6.45) is 1.99. The van der Waals surface area contributed by atoms with Crippen molar-refractivity contribution < 1.29 is 9.90 Å². The van der Waals surface area contributed by atoms with Crippen molar-refractivity contribution in [3.63, 3.8) is 0 Å². The molecule has 2 heterocycles. The first-order chi connectivity index (χ1) is 9.12. The molecule has 0 saturated carbocycles. The summed E-state index contributed by atoms with van der Waals surface area (Å²) in [6, 6.07) is 0. The molecule has 4 nitrogen and oxygen atoms in total. The van der Waals surface area contributed by atoms with Gasteiger partial charge < -0.3 is 5.11 Å². The Bertz CT molecular complexity index is 727. The zero-order valence-corrected chi connectivity index (χ0v) is 13.5. The Morgan fingerprint density at radius 3 is 2.65 bits per heavy atom. The summed E-state index contributed by atoms with van der Waals surface area (Å²) in [5.41, 5.74) is 1.30. The molecule has 20 heavy (non-hydrogen) atoms. The van der Waals surface area contributed by atoms with E-state index in [1.165, 1.54) is 4.88 Å². The molecule has 0 atom stereocenters. The second-order valence-corrected chi connectivity index (χ2v) is 8.29. The molecular formula is C14H17ClN2O2S. The molecule has 0 amide bonds. The van der Waals surface area contributed by atoms with Crippen LogP contribution in [0.5, 0.6) is 0 Å². The van der Waals surface area contributed by atoms with Crippen molar-refractivity contribution in [3.8, 4) is 0 Å².